The van der Waals surface area contributed by atoms with Gasteiger partial charge in [-0.1, -0.05) is 0 Å². The third-order valence-corrected chi connectivity index (χ3v) is 5.81. The summed E-state index contributed by atoms with van der Waals surface area (Å²) < 4.78 is 5.43. The first-order valence-electron chi connectivity index (χ1n) is 10.2. The fraction of sp³-hybridized carbons (Fsp3) is 0.409. The monoisotopic (exact) mass is 410 g/mol. The van der Waals surface area contributed by atoms with Crippen LogP contribution in [0.15, 0.2) is 47.4 Å². The van der Waals surface area contributed by atoms with E-state index in [-0.39, 0.29) is 23.4 Å². The third kappa shape index (κ3) is 4.44. The molecule has 2 atom stereocenters. The van der Waals surface area contributed by atoms with Crippen molar-refractivity contribution >= 4 is 17.5 Å². The standard InChI is InChI=1S/C22H26N4O4/c1-15-12-19(25-8-10-30-11-9-25)14-26(15)22(29)16-2-5-18(6-3-16)24-21(28)17-4-7-20(27)23-13-17/h2-7,13,15,19H,8-12,14H2,1H3,(H,23,27)(H,24,28). The summed E-state index contributed by atoms with van der Waals surface area (Å²) in [5, 5.41) is 2.77. The van der Waals surface area contributed by atoms with Gasteiger partial charge in [-0.15, -0.1) is 0 Å². The number of rotatable bonds is 4. The first-order chi connectivity index (χ1) is 14.5. The van der Waals surface area contributed by atoms with Crippen LogP contribution >= 0.6 is 0 Å². The zero-order valence-corrected chi connectivity index (χ0v) is 17.0. The number of nitrogens with zero attached hydrogens (tertiary/aromatic N) is 2. The SMILES string of the molecule is CC1CC(N2CCOCC2)CN1C(=O)c1ccc(NC(=O)c2ccc(=O)[nH]c2)cc1. The Hall–Kier alpha value is -2.97. The summed E-state index contributed by atoms with van der Waals surface area (Å²) in [6.07, 6.45) is 2.34. The summed E-state index contributed by atoms with van der Waals surface area (Å²) in [6, 6.07) is 10.2. The van der Waals surface area contributed by atoms with Crippen LogP contribution in [-0.4, -0.2) is 71.5 Å². The molecule has 1 aromatic carbocycles. The van der Waals surface area contributed by atoms with E-state index in [1.54, 1.807) is 24.3 Å². The van der Waals surface area contributed by atoms with Crippen LogP contribution in [0.5, 0.6) is 0 Å². The summed E-state index contributed by atoms with van der Waals surface area (Å²) in [4.78, 5) is 43.2. The van der Waals surface area contributed by atoms with E-state index in [4.69, 9.17) is 4.74 Å². The van der Waals surface area contributed by atoms with Gasteiger partial charge in [0.25, 0.3) is 11.8 Å². The van der Waals surface area contributed by atoms with Crippen LogP contribution in [0.2, 0.25) is 0 Å². The van der Waals surface area contributed by atoms with Crippen molar-refractivity contribution in [3.05, 3.63) is 64.1 Å². The molecule has 2 saturated heterocycles. The van der Waals surface area contributed by atoms with Gasteiger partial charge in [0, 0.05) is 55.2 Å². The van der Waals surface area contributed by atoms with Gasteiger partial charge < -0.3 is 19.9 Å². The predicted octanol–water partition coefficient (Wildman–Crippen LogP) is 1.56. The van der Waals surface area contributed by atoms with Gasteiger partial charge >= 0.3 is 0 Å². The van der Waals surface area contributed by atoms with E-state index >= 15 is 0 Å². The Morgan fingerprint density at radius 3 is 2.43 bits per heavy atom. The maximum atomic E-state index is 13.0. The number of H-pyrrole nitrogens is 1. The fourth-order valence-electron chi connectivity index (χ4n) is 4.11. The number of nitrogens with one attached hydrogen (secondary N) is 2. The van der Waals surface area contributed by atoms with Gasteiger partial charge in [-0.05, 0) is 43.7 Å². The number of pyridine rings is 1. The lowest BCUT2D eigenvalue weighted by Crippen LogP contribution is -2.45. The number of hydrogen-bond donors (Lipinski definition) is 2. The molecule has 4 rings (SSSR count). The molecule has 3 heterocycles. The Bertz CT molecular complexity index is 945. The molecule has 0 radical (unpaired) electrons. The molecule has 0 aliphatic carbocycles. The number of benzene rings is 1. The Labute approximate surface area is 174 Å². The van der Waals surface area contributed by atoms with Crippen molar-refractivity contribution in [1.82, 2.24) is 14.8 Å². The minimum absolute atomic E-state index is 0.0109. The molecule has 0 saturated carbocycles. The normalized spacial score (nSPS) is 22.1. The number of aromatic nitrogens is 1. The molecule has 1 aromatic heterocycles. The van der Waals surface area contributed by atoms with Crippen LogP contribution in [-0.2, 0) is 4.74 Å². The Morgan fingerprint density at radius 2 is 1.77 bits per heavy atom. The number of likely N-dealkylation sites (tertiary alicyclic amines) is 1. The zero-order chi connectivity index (χ0) is 21.1. The van der Waals surface area contributed by atoms with E-state index in [2.05, 4.69) is 22.1 Å². The zero-order valence-electron chi connectivity index (χ0n) is 17.0. The molecule has 2 fully saturated rings. The van der Waals surface area contributed by atoms with Crippen LogP contribution in [0.25, 0.3) is 0 Å². The third-order valence-electron chi connectivity index (χ3n) is 5.81. The average Bonchev–Trinajstić information content (AvgIpc) is 3.16. The summed E-state index contributed by atoms with van der Waals surface area (Å²) >= 11 is 0. The van der Waals surface area contributed by atoms with Crippen LogP contribution in [0.1, 0.15) is 34.1 Å². The molecule has 158 valence electrons. The molecule has 8 heteroatoms. The number of ether oxygens (including phenoxy) is 1. The quantitative estimate of drug-likeness (QED) is 0.798. The molecule has 2 N–H and O–H groups in total. The molecule has 2 amide bonds. The lowest BCUT2D eigenvalue weighted by molar-refractivity contribution is 0.0185. The van der Waals surface area contributed by atoms with E-state index in [1.165, 1.54) is 18.3 Å². The van der Waals surface area contributed by atoms with Gasteiger partial charge in [-0.25, -0.2) is 0 Å². The van der Waals surface area contributed by atoms with E-state index in [9.17, 15) is 14.4 Å². The maximum Gasteiger partial charge on any atom is 0.257 e. The van der Waals surface area contributed by atoms with Crippen molar-refractivity contribution in [2.24, 2.45) is 0 Å². The number of anilines is 1. The minimum Gasteiger partial charge on any atom is -0.379 e. The van der Waals surface area contributed by atoms with Crippen molar-refractivity contribution in [3.8, 4) is 0 Å². The highest BCUT2D eigenvalue weighted by atomic mass is 16.5. The van der Waals surface area contributed by atoms with Crippen LogP contribution in [0.4, 0.5) is 5.69 Å². The lowest BCUT2D eigenvalue weighted by atomic mass is 10.1. The summed E-state index contributed by atoms with van der Waals surface area (Å²) in [5.74, 6) is -0.316. The Morgan fingerprint density at radius 1 is 1.07 bits per heavy atom. The molecule has 2 unspecified atom stereocenters. The van der Waals surface area contributed by atoms with Gasteiger partial charge in [0.1, 0.15) is 0 Å². The molecular weight excluding hydrogens is 384 g/mol. The minimum atomic E-state index is -0.327. The van der Waals surface area contributed by atoms with Crippen molar-refractivity contribution in [2.75, 3.05) is 38.2 Å². The van der Waals surface area contributed by atoms with Crippen molar-refractivity contribution in [1.29, 1.82) is 0 Å². The number of amides is 2. The number of carbonyl (C=O) groups is 2. The molecule has 2 aliphatic rings. The predicted molar refractivity (Wildman–Crippen MR) is 113 cm³/mol. The number of aromatic amines is 1. The number of hydrogen-bond acceptors (Lipinski definition) is 5. The van der Waals surface area contributed by atoms with E-state index in [0.717, 1.165) is 39.3 Å². The van der Waals surface area contributed by atoms with Gasteiger partial charge in [0.15, 0.2) is 0 Å². The first-order valence-corrected chi connectivity index (χ1v) is 10.2. The molecule has 30 heavy (non-hydrogen) atoms. The Balaban J connectivity index is 1.38. The molecule has 0 bridgehead atoms. The van der Waals surface area contributed by atoms with E-state index in [1.807, 2.05) is 4.90 Å². The Kier molecular flexibility index (Phi) is 5.96. The second kappa shape index (κ2) is 8.81. The number of morpholine rings is 1. The molecule has 8 nitrogen and oxygen atoms in total. The van der Waals surface area contributed by atoms with Crippen LogP contribution in [0.3, 0.4) is 0 Å². The smallest absolute Gasteiger partial charge is 0.257 e. The second-order valence-electron chi connectivity index (χ2n) is 7.82. The van der Waals surface area contributed by atoms with E-state index in [0.29, 0.717) is 22.9 Å². The highest BCUT2D eigenvalue weighted by Crippen LogP contribution is 2.25. The molecule has 2 aromatic rings. The van der Waals surface area contributed by atoms with Gasteiger partial charge in [-0.2, -0.15) is 0 Å². The first kappa shape index (κ1) is 20.3. The highest BCUT2D eigenvalue weighted by Gasteiger charge is 2.36. The van der Waals surface area contributed by atoms with Crippen molar-refractivity contribution in [3.63, 3.8) is 0 Å². The van der Waals surface area contributed by atoms with Crippen molar-refractivity contribution in [2.45, 2.75) is 25.4 Å². The van der Waals surface area contributed by atoms with Gasteiger partial charge in [0.2, 0.25) is 5.56 Å². The molecule has 0 spiro atoms. The molecular formula is C22H26N4O4. The topological polar surface area (TPSA) is 94.7 Å². The summed E-state index contributed by atoms with van der Waals surface area (Å²) in [5.41, 5.74) is 1.28. The largest absolute Gasteiger partial charge is 0.379 e. The highest BCUT2D eigenvalue weighted by molar-refractivity contribution is 6.04. The summed E-state index contributed by atoms with van der Waals surface area (Å²) in [7, 11) is 0. The van der Waals surface area contributed by atoms with E-state index < -0.39 is 0 Å². The van der Waals surface area contributed by atoms with Crippen LogP contribution in [0, 0.1) is 0 Å². The average molecular weight is 410 g/mol. The maximum absolute atomic E-state index is 13.0. The van der Waals surface area contributed by atoms with Gasteiger partial charge in [0.05, 0.1) is 18.8 Å². The second-order valence-corrected chi connectivity index (χ2v) is 7.82. The van der Waals surface area contributed by atoms with Crippen molar-refractivity contribution < 1.29 is 14.3 Å². The molecule has 2 aliphatic heterocycles. The van der Waals surface area contributed by atoms with Gasteiger partial charge in [-0.3, -0.25) is 19.3 Å². The number of carbonyl (C=O) groups excluding carboxylic acids is 2. The summed E-state index contributed by atoms with van der Waals surface area (Å²) in [6.45, 7) is 6.17. The van der Waals surface area contributed by atoms with Crippen LogP contribution < -0.4 is 10.9 Å². The lowest BCUT2D eigenvalue weighted by Gasteiger charge is -2.32. The fourth-order valence-corrected chi connectivity index (χ4v) is 4.11.